The van der Waals surface area contributed by atoms with Gasteiger partial charge in [-0.05, 0) is 73.3 Å². The molecule has 1 atom stereocenters. The topological polar surface area (TPSA) is 9.72 Å². The minimum atomic E-state index is -0.149. The van der Waals surface area contributed by atoms with Gasteiger partial charge in [-0.2, -0.15) is 0 Å². The molecule has 0 spiro atoms. The molecule has 2 aliphatic heterocycles. The summed E-state index contributed by atoms with van der Waals surface area (Å²) in [6.07, 6.45) is 7.16. The molecule has 0 aromatic heterocycles. The van der Waals surface area contributed by atoms with E-state index in [1.807, 2.05) is 12.1 Å². The Bertz CT molecular complexity index is 1140. The summed E-state index contributed by atoms with van der Waals surface area (Å²) in [7, 11) is 2.18. The van der Waals surface area contributed by atoms with Crippen LogP contribution in [0.1, 0.15) is 36.3 Å². The van der Waals surface area contributed by atoms with Crippen LogP contribution in [0.25, 0.3) is 10.8 Å². The molecule has 1 unspecified atom stereocenters. The maximum absolute atomic E-state index is 13.6. The first-order valence-corrected chi connectivity index (χ1v) is 13.7. The van der Waals surface area contributed by atoms with Crippen LogP contribution in [0.5, 0.6) is 0 Å². The Hall–Kier alpha value is -2.53. The van der Waals surface area contributed by atoms with Gasteiger partial charge in [-0.25, -0.2) is 4.39 Å². The number of halogens is 1. The van der Waals surface area contributed by atoms with Gasteiger partial charge in [0.2, 0.25) is 0 Å². The summed E-state index contributed by atoms with van der Waals surface area (Å²) in [4.78, 5) is 7.63. The van der Waals surface area contributed by atoms with Crippen LogP contribution in [0.3, 0.4) is 0 Å². The van der Waals surface area contributed by atoms with Crippen molar-refractivity contribution in [1.82, 2.24) is 14.7 Å². The monoisotopic (exact) mass is 485 g/mol. The van der Waals surface area contributed by atoms with Crippen molar-refractivity contribution in [3.63, 3.8) is 0 Å². The van der Waals surface area contributed by atoms with Crippen molar-refractivity contribution in [3.8, 4) is 0 Å². The second-order valence-electron chi connectivity index (χ2n) is 10.6. The maximum atomic E-state index is 13.6. The molecule has 0 bridgehead atoms. The first-order valence-electron chi connectivity index (χ1n) is 13.7. The molecule has 36 heavy (non-hydrogen) atoms. The molecule has 1 saturated heterocycles. The number of likely N-dealkylation sites (N-methyl/N-ethyl adjacent to an activating group) is 1. The minimum absolute atomic E-state index is 0.149. The second-order valence-corrected chi connectivity index (χ2v) is 10.6. The third-order valence-electron chi connectivity index (χ3n) is 8.12. The summed E-state index contributed by atoms with van der Waals surface area (Å²) in [5.74, 6) is 0.218. The van der Waals surface area contributed by atoms with Crippen molar-refractivity contribution in [2.24, 2.45) is 0 Å². The highest BCUT2D eigenvalue weighted by Gasteiger charge is 2.25. The highest BCUT2D eigenvalue weighted by molar-refractivity contribution is 5.85. The number of unbranched alkanes of at least 4 members (excludes halogenated alkanes) is 1. The first kappa shape index (κ1) is 25.1. The standard InChI is InChI=1S/C32H40FN3/c1-34-19-16-29(17-20-34)32(28-12-14-30(33)15-13-28)25-36-23-21-35(22-24-36)18-5-4-8-27-10-6-9-26-7-2-3-11-31(26)27/h2-3,6-7,9-16,32H,4-5,8,17-25H2,1H3. The van der Waals surface area contributed by atoms with E-state index in [1.54, 1.807) is 12.1 Å². The van der Waals surface area contributed by atoms with Crippen molar-refractivity contribution >= 4 is 10.8 Å². The Balaban J connectivity index is 1.10. The molecule has 3 aromatic carbocycles. The van der Waals surface area contributed by atoms with E-state index in [2.05, 4.69) is 70.3 Å². The van der Waals surface area contributed by atoms with Crippen LogP contribution in [-0.4, -0.2) is 74.1 Å². The van der Waals surface area contributed by atoms with Gasteiger partial charge in [0, 0.05) is 51.7 Å². The van der Waals surface area contributed by atoms with E-state index in [1.165, 1.54) is 46.9 Å². The van der Waals surface area contributed by atoms with Crippen LogP contribution in [0.4, 0.5) is 4.39 Å². The maximum Gasteiger partial charge on any atom is 0.123 e. The molecule has 0 saturated carbocycles. The summed E-state index contributed by atoms with van der Waals surface area (Å²) in [5, 5.41) is 2.75. The third-order valence-corrected chi connectivity index (χ3v) is 8.12. The van der Waals surface area contributed by atoms with E-state index in [9.17, 15) is 4.39 Å². The van der Waals surface area contributed by atoms with Crippen molar-refractivity contribution < 1.29 is 4.39 Å². The van der Waals surface area contributed by atoms with E-state index in [0.717, 1.165) is 58.7 Å². The average Bonchev–Trinajstić information content (AvgIpc) is 2.92. The van der Waals surface area contributed by atoms with Gasteiger partial charge < -0.3 is 9.80 Å². The predicted octanol–water partition coefficient (Wildman–Crippen LogP) is 5.96. The highest BCUT2D eigenvalue weighted by atomic mass is 19.1. The number of hydrogen-bond donors (Lipinski definition) is 0. The summed E-state index contributed by atoms with van der Waals surface area (Å²) in [5.41, 5.74) is 4.26. The van der Waals surface area contributed by atoms with Crippen LogP contribution >= 0.6 is 0 Å². The van der Waals surface area contributed by atoms with Crippen LogP contribution < -0.4 is 0 Å². The summed E-state index contributed by atoms with van der Waals surface area (Å²) < 4.78 is 13.6. The van der Waals surface area contributed by atoms with Crippen molar-refractivity contribution in [2.75, 3.05) is 59.4 Å². The summed E-state index contributed by atoms with van der Waals surface area (Å²) in [6.45, 7) is 8.88. The molecule has 3 nitrogen and oxygen atoms in total. The molecule has 190 valence electrons. The number of rotatable bonds is 9. The van der Waals surface area contributed by atoms with Gasteiger partial charge in [0.15, 0.2) is 0 Å². The van der Waals surface area contributed by atoms with Gasteiger partial charge >= 0.3 is 0 Å². The van der Waals surface area contributed by atoms with Gasteiger partial charge in [-0.15, -0.1) is 0 Å². The van der Waals surface area contributed by atoms with E-state index in [0.29, 0.717) is 5.92 Å². The molecule has 0 radical (unpaired) electrons. The van der Waals surface area contributed by atoms with Gasteiger partial charge in [-0.3, -0.25) is 4.90 Å². The van der Waals surface area contributed by atoms with Gasteiger partial charge in [0.05, 0.1) is 0 Å². The van der Waals surface area contributed by atoms with E-state index in [-0.39, 0.29) is 5.82 Å². The van der Waals surface area contributed by atoms with Gasteiger partial charge in [0.25, 0.3) is 0 Å². The summed E-state index contributed by atoms with van der Waals surface area (Å²) >= 11 is 0. The third kappa shape index (κ3) is 6.42. The lowest BCUT2D eigenvalue weighted by molar-refractivity contribution is 0.127. The zero-order valence-corrected chi connectivity index (χ0v) is 21.7. The zero-order chi connectivity index (χ0) is 24.7. The Morgan fingerprint density at radius 3 is 2.33 bits per heavy atom. The fraction of sp³-hybridized carbons (Fsp3) is 0.438. The molecule has 1 fully saturated rings. The Morgan fingerprint density at radius 1 is 0.806 bits per heavy atom. The Kier molecular flexibility index (Phi) is 8.47. The number of hydrogen-bond acceptors (Lipinski definition) is 3. The highest BCUT2D eigenvalue weighted by Crippen LogP contribution is 2.30. The van der Waals surface area contributed by atoms with Gasteiger partial charge in [-0.1, -0.05) is 66.2 Å². The number of benzene rings is 3. The number of fused-ring (bicyclic) bond motifs is 1. The smallest absolute Gasteiger partial charge is 0.123 e. The quantitative estimate of drug-likeness (QED) is 0.273. The molecule has 2 heterocycles. The zero-order valence-electron chi connectivity index (χ0n) is 21.7. The van der Waals surface area contributed by atoms with E-state index < -0.39 is 0 Å². The van der Waals surface area contributed by atoms with E-state index in [4.69, 9.17) is 0 Å². The number of nitrogens with zero attached hydrogens (tertiary/aromatic N) is 3. The Labute approximate surface area is 216 Å². The molecule has 0 amide bonds. The molecule has 2 aliphatic rings. The molecular formula is C32H40FN3. The Morgan fingerprint density at radius 2 is 1.56 bits per heavy atom. The lowest BCUT2D eigenvalue weighted by Gasteiger charge is -2.38. The average molecular weight is 486 g/mol. The molecule has 3 aromatic rings. The number of aryl methyl sites for hydroxylation is 1. The van der Waals surface area contributed by atoms with Crippen molar-refractivity contribution in [2.45, 2.75) is 31.6 Å². The predicted molar refractivity (Wildman–Crippen MR) is 149 cm³/mol. The van der Waals surface area contributed by atoms with Crippen LogP contribution in [0.15, 0.2) is 78.4 Å². The SMILES string of the molecule is CN1CC=C(C(CN2CCN(CCCCc3cccc4ccccc34)CC2)c2ccc(F)cc2)CC1. The van der Waals surface area contributed by atoms with Crippen molar-refractivity contribution in [1.29, 1.82) is 0 Å². The van der Waals surface area contributed by atoms with Crippen LogP contribution in [0.2, 0.25) is 0 Å². The largest absolute Gasteiger partial charge is 0.302 e. The minimum Gasteiger partial charge on any atom is -0.302 e. The fourth-order valence-electron chi connectivity index (χ4n) is 5.85. The second kappa shape index (κ2) is 12.1. The lowest BCUT2D eigenvalue weighted by atomic mass is 9.86. The summed E-state index contributed by atoms with van der Waals surface area (Å²) in [6, 6.07) is 22.7. The first-order chi connectivity index (χ1) is 17.7. The number of piperazine rings is 1. The van der Waals surface area contributed by atoms with Crippen LogP contribution in [0, 0.1) is 5.82 Å². The van der Waals surface area contributed by atoms with Crippen molar-refractivity contribution in [3.05, 3.63) is 95.3 Å². The van der Waals surface area contributed by atoms with E-state index >= 15 is 0 Å². The normalized spacial score (nSPS) is 18.9. The molecule has 5 rings (SSSR count). The lowest BCUT2D eigenvalue weighted by Crippen LogP contribution is -2.47. The van der Waals surface area contributed by atoms with Gasteiger partial charge in [0.1, 0.15) is 5.82 Å². The molecule has 4 heteroatoms. The fourth-order valence-corrected chi connectivity index (χ4v) is 5.85. The molecular weight excluding hydrogens is 445 g/mol. The molecule has 0 N–H and O–H groups in total. The van der Waals surface area contributed by atoms with Crippen LogP contribution in [-0.2, 0) is 6.42 Å². The molecule has 0 aliphatic carbocycles.